The molecule has 2 nitrogen and oxygen atoms in total. The number of hydrogen-bond acceptors (Lipinski definition) is 2. The molecule has 0 aromatic rings. The van der Waals surface area contributed by atoms with E-state index in [0.29, 0.717) is 6.10 Å². The molecule has 22 heavy (non-hydrogen) atoms. The van der Waals surface area contributed by atoms with Gasteiger partial charge in [0.15, 0.2) is 0 Å². The van der Waals surface area contributed by atoms with Gasteiger partial charge < -0.3 is 9.47 Å². The zero-order valence-corrected chi connectivity index (χ0v) is 14.6. The molecule has 0 saturated carbocycles. The average molecular weight is 302 g/mol. The maximum Gasteiger partial charge on any atom is 0.0977 e. The quantitative estimate of drug-likeness (QED) is 0.458. The second-order valence-corrected chi connectivity index (χ2v) is 7.60. The van der Waals surface area contributed by atoms with Gasteiger partial charge in [-0.05, 0) is 77.4 Å². The molecule has 2 heteroatoms. The van der Waals surface area contributed by atoms with E-state index in [0.717, 1.165) is 45.1 Å². The van der Waals surface area contributed by atoms with Gasteiger partial charge in [0.25, 0.3) is 0 Å². The monoisotopic (exact) mass is 302 g/mol. The molecule has 0 spiro atoms. The molecule has 1 saturated heterocycles. The van der Waals surface area contributed by atoms with Crippen molar-refractivity contribution in [1.82, 2.24) is 0 Å². The van der Waals surface area contributed by atoms with E-state index < -0.39 is 0 Å². The van der Waals surface area contributed by atoms with Crippen molar-refractivity contribution in [2.45, 2.75) is 84.0 Å². The van der Waals surface area contributed by atoms with E-state index in [1.54, 1.807) is 0 Å². The summed E-state index contributed by atoms with van der Waals surface area (Å²) in [6.07, 6.45) is 12.3. The third-order valence-corrected chi connectivity index (χ3v) is 5.57. The predicted octanol–water partition coefficient (Wildman–Crippen LogP) is 5.11. The summed E-state index contributed by atoms with van der Waals surface area (Å²) in [5, 5.41) is 0. The zero-order chi connectivity index (χ0) is 15.7. The highest BCUT2D eigenvalue weighted by molar-refractivity contribution is 5.29. The van der Waals surface area contributed by atoms with Gasteiger partial charge in [-0.2, -0.15) is 0 Å². The standard InChI is InChI=1S/C20H30O2/c1-14-6-5-11-20(4)19(22-20)10-8-15(2)12-18-17(9-7-14)16(3)13-21-18/h6,12,18-19H,5,7-11,13H2,1-4H3/b14-6-,15-12+/t18-,19?,20?/m1/s1. The molecule has 1 aliphatic carbocycles. The van der Waals surface area contributed by atoms with Crippen LogP contribution in [0, 0.1) is 0 Å². The Kier molecular flexibility index (Phi) is 4.61. The summed E-state index contributed by atoms with van der Waals surface area (Å²) < 4.78 is 12.0. The number of fused-ring (bicyclic) bond motifs is 2. The number of epoxide rings is 1. The van der Waals surface area contributed by atoms with Crippen molar-refractivity contribution >= 4 is 0 Å². The molecule has 0 aromatic carbocycles. The SMILES string of the molecule is CC1=C2CC/C(C)=C\CCC3(C)OC3CC/C(C)=C/[C@H]2OC1. The molecule has 0 amide bonds. The molecule has 0 N–H and O–H groups in total. The molecular weight excluding hydrogens is 272 g/mol. The van der Waals surface area contributed by atoms with Crippen LogP contribution in [0.2, 0.25) is 0 Å². The molecular formula is C20H30O2. The van der Waals surface area contributed by atoms with Crippen molar-refractivity contribution in [2.75, 3.05) is 6.61 Å². The van der Waals surface area contributed by atoms with Crippen molar-refractivity contribution in [3.63, 3.8) is 0 Å². The third kappa shape index (κ3) is 3.55. The summed E-state index contributed by atoms with van der Waals surface area (Å²) in [7, 11) is 0. The lowest BCUT2D eigenvalue weighted by Gasteiger charge is -2.14. The fourth-order valence-corrected chi connectivity index (χ4v) is 3.77. The maximum atomic E-state index is 5.99. The molecule has 122 valence electrons. The van der Waals surface area contributed by atoms with E-state index in [4.69, 9.17) is 9.47 Å². The minimum atomic E-state index is 0.132. The Morgan fingerprint density at radius 3 is 2.73 bits per heavy atom. The highest BCUT2D eigenvalue weighted by atomic mass is 16.6. The lowest BCUT2D eigenvalue weighted by molar-refractivity contribution is 0.150. The summed E-state index contributed by atoms with van der Waals surface area (Å²) in [5.74, 6) is 0. The minimum Gasteiger partial charge on any atom is -0.366 e. The molecule has 3 atom stereocenters. The summed E-state index contributed by atoms with van der Waals surface area (Å²) in [5.41, 5.74) is 6.03. The number of ether oxygens (including phenoxy) is 2. The van der Waals surface area contributed by atoms with Gasteiger partial charge in [0.05, 0.1) is 24.4 Å². The first kappa shape index (κ1) is 16.0. The van der Waals surface area contributed by atoms with Crippen molar-refractivity contribution in [3.05, 3.63) is 34.4 Å². The van der Waals surface area contributed by atoms with Crippen LogP contribution < -0.4 is 0 Å². The summed E-state index contributed by atoms with van der Waals surface area (Å²) in [4.78, 5) is 0. The van der Waals surface area contributed by atoms with Gasteiger partial charge in [-0.25, -0.2) is 0 Å². The third-order valence-electron chi connectivity index (χ3n) is 5.57. The van der Waals surface area contributed by atoms with Crippen LogP contribution in [-0.2, 0) is 9.47 Å². The van der Waals surface area contributed by atoms with Gasteiger partial charge in [-0.1, -0.05) is 23.3 Å². The van der Waals surface area contributed by atoms with Gasteiger partial charge in [0.1, 0.15) is 0 Å². The van der Waals surface area contributed by atoms with Gasteiger partial charge in [-0.3, -0.25) is 0 Å². The molecule has 2 heterocycles. The van der Waals surface area contributed by atoms with Crippen molar-refractivity contribution in [3.8, 4) is 0 Å². The van der Waals surface area contributed by atoms with E-state index in [2.05, 4.69) is 39.8 Å². The van der Waals surface area contributed by atoms with Crippen LogP contribution in [0.1, 0.15) is 66.2 Å². The number of hydrogen-bond donors (Lipinski definition) is 0. The van der Waals surface area contributed by atoms with Crippen LogP contribution in [0.15, 0.2) is 34.4 Å². The first-order valence-electron chi connectivity index (χ1n) is 8.79. The Morgan fingerprint density at radius 2 is 1.91 bits per heavy atom. The van der Waals surface area contributed by atoms with Crippen LogP contribution >= 0.6 is 0 Å². The number of rotatable bonds is 0. The Labute approximate surface area is 135 Å². The summed E-state index contributed by atoms with van der Waals surface area (Å²) in [6, 6.07) is 0. The molecule has 2 aliphatic heterocycles. The largest absolute Gasteiger partial charge is 0.366 e. The van der Waals surface area contributed by atoms with E-state index in [-0.39, 0.29) is 11.7 Å². The maximum absolute atomic E-state index is 5.99. The summed E-state index contributed by atoms with van der Waals surface area (Å²) in [6.45, 7) is 9.81. The van der Waals surface area contributed by atoms with Gasteiger partial charge in [-0.15, -0.1) is 0 Å². The molecule has 0 aromatic heterocycles. The highest BCUT2D eigenvalue weighted by Crippen LogP contribution is 2.43. The second-order valence-electron chi connectivity index (χ2n) is 7.60. The zero-order valence-electron chi connectivity index (χ0n) is 14.6. The first-order chi connectivity index (χ1) is 10.5. The minimum absolute atomic E-state index is 0.132. The predicted molar refractivity (Wildman–Crippen MR) is 90.9 cm³/mol. The van der Waals surface area contributed by atoms with Crippen LogP contribution in [0.25, 0.3) is 0 Å². The fraction of sp³-hybridized carbons (Fsp3) is 0.700. The molecule has 3 aliphatic rings. The van der Waals surface area contributed by atoms with Gasteiger partial charge >= 0.3 is 0 Å². The van der Waals surface area contributed by atoms with Crippen LogP contribution in [0.5, 0.6) is 0 Å². The van der Waals surface area contributed by atoms with Gasteiger partial charge in [0.2, 0.25) is 0 Å². The smallest absolute Gasteiger partial charge is 0.0977 e. The molecule has 3 rings (SSSR count). The molecule has 0 bridgehead atoms. The van der Waals surface area contributed by atoms with E-state index in [1.807, 2.05) is 0 Å². The van der Waals surface area contributed by atoms with Crippen LogP contribution in [0.3, 0.4) is 0 Å². The molecule has 0 radical (unpaired) electrons. The Balaban J connectivity index is 1.76. The van der Waals surface area contributed by atoms with Crippen molar-refractivity contribution in [1.29, 1.82) is 0 Å². The van der Waals surface area contributed by atoms with Crippen molar-refractivity contribution in [2.24, 2.45) is 0 Å². The normalized spacial score (nSPS) is 41.6. The topological polar surface area (TPSA) is 21.8 Å². The highest BCUT2D eigenvalue weighted by Gasteiger charge is 2.50. The first-order valence-corrected chi connectivity index (χ1v) is 8.79. The lowest BCUT2D eigenvalue weighted by Crippen LogP contribution is -2.11. The Morgan fingerprint density at radius 1 is 1.09 bits per heavy atom. The van der Waals surface area contributed by atoms with Gasteiger partial charge in [0, 0.05) is 0 Å². The Bertz CT molecular complexity index is 526. The van der Waals surface area contributed by atoms with Crippen LogP contribution in [-0.4, -0.2) is 24.4 Å². The fourth-order valence-electron chi connectivity index (χ4n) is 3.77. The van der Waals surface area contributed by atoms with E-state index in [1.165, 1.54) is 22.3 Å². The molecule has 2 unspecified atom stereocenters. The second kappa shape index (κ2) is 6.33. The van der Waals surface area contributed by atoms with Crippen LogP contribution in [0.4, 0.5) is 0 Å². The molecule has 1 fully saturated rings. The van der Waals surface area contributed by atoms with Crippen molar-refractivity contribution < 1.29 is 9.47 Å². The van der Waals surface area contributed by atoms with E-state index in [9.17, 15) is 0 Å². The lowest BCUT2D eigenvalue weighted by atomic mass is 9.93. The number of allylic oxidation sites excluding steroid dienone is 3. The Hall–Kier alpha value is -0.860. The average Bonchev–Trinajstić information content (AvgIpc) is 2.98. The summed E-state index contributed by atoms with van der Waals surface area (Å²) >= 11 is 0. The van der Waals surface area contributed by atoms with E-state index >= 15 is 0 Å².